The van der Waals surface area contributed by atoms with Gasteiger partial charge in [0.05, 0.1) is 11.2 Å². The molecule has 108 valence electrons. The molecule has 1 heteroatoms. The molecule has 1 heterocycles. The fourth-order valence-corrected chi connectivity index (χ4v) is 3.28. The van der Waals surface area contributed by atoms with E-state index in [2.05, 4.69) is 70.2 Å². The lowest BCUT2D eigenvalue weighted by molar-refractivity contribution is 0.739. The molecule has 1 aliphatic carbocycles. The zero-order valence-corrected chi connectivity index (χ0v) is 13.4. The number of fused-ring (bicyclic) bond motifs is 1. The number of hydrogen-bond acceptors (Lipinski definition) is 1. The highest BCUT2D eigenvalue weighted by molar-refractivity contribution is 5.85. The molecule has 0 N–H and O–H groups in total. The Morgan fingerprint density at radius 2 is 1.95 bits per heavy atom. The highest BCUT2D eigenvalue weighted by Gasteiger charge is 2.13. The van der Waals surface area contributed by atoms with Crippen molar-refractivity contribution in [1.29, 1.82) is 0 Å². The van der Waals surface area contributed by atoms with Crippen LogP contribution in [0, 0.1) is 5.92 Å². The van der Waals surface area contributed by atoms with Crippen molar-refractivity contribution in [2.75, 3.05) is 0 Å². The molecular formula is C20H23N. The lowest BCUT2D eigenvalue weighted by Crippen LogP contribution is -2.02. The van der Waals surface area contributed by atoms with Gasteiger partial charge >= 0.3 is 0 Å². The predicted octanol–water partition coefficient (Wildman–Crippen LogP) is 5.73. The molecule has 3 rings (SSSR count). The first-order valence-electron chi connectivity index (χ1n) is 7.83. The lowest BCUT2D eigenvalue weighted by atomic mass is 9.90. The highest BCUT2D eigenvalue weighted by Crippen LogP contribution is 2.31. The van der Waals surface area contributed by atoms with Gasteiger partial charge in [-0.15, -0.1) is 0 Å². The number of rotatable bonds is 2. The SMILES string of the molecule is CC1=CC(C)CC(c2ccc3c(C(C)C)cccc3n2)=C1. The molecule has 21 heavy (non-hydrogen) atoms. The minimum Gasteiger partial charge on any atom is -0.248 e. The second-order valence-electron chi connectivity index (χ2n) is 6.53. The van der Waals surface area contributed by atoms with Crippen LogP contribution in [0.15, 0.2) is 48.1 Å². The Morgan fingerprint density at radius 1 is 1.14 bits per heavy atom. The maximum atomic E-state index is 4.92. The Bertz CT molecular complexity index is 735. The number of nitrogens with zero attached hydrogens (tertiary/aromatic N) is 1. The molecule has 0 saturated carbocycles. The Hall–Kier alpha value is -1.89. The van der Waals surface area contributed by atoms with Gasteiger partial charge in [-0.1, -0.05) is 56.7 Å². The molecule has 0 amide bonds. The predicted molar refractivity (Wildman–Crippen MR) is 91.3 cm³/mol. The maximum Gasteiger partial charge on any atom is 0.0712 e. The fourth-order valence-electron chi connectivity index (χ4n) is 3.28. The first-order valence-corrected chi connectivity index (χ1v) is 7.83. The molecule has 0 bridgehead atoms. The van der Waals surface area contributed by atoms with Crippen LogP contribution in [0.5, 0.6) is 0 Å². The van der Waals surface area contributed by atoms with Crippen molar-refractivity contribution >= 4 is 16.5 Å². The van der Waals surface area contributed by atoms with Gasteiger partial charge in [0.25, 0.3) is 0 Å². The van der Waals surface area contributed by atoms with Crippen LogP contribution in [0.2, 0.25) is 0 Å². The summed E-state index contributed by atoms with van der Waals surface area (Å²) in [5, 5.41) is 1.29. The molecule has 1 aromatic carbocycles. The zero-order chi connectivity index (χ0) is 15.0. The van der Waals surface area contributed by atoms with E-state index < -0.39 is 0 Å². The zero-order valence-electron chi connectivity index (χ0n) is 13.4. The third-order valence-electron chi connectivity index (χ3n) is 4.21. The number of hydrogen-bond donors (Lipinski definition) is 0. The van der Waals surface area contributed by atoms with Gasteiger partial charge in [-0.3, -0.25) is 0 Å². The molecule has 1 unspecified atom stereocenters. The summed E-state index contributed by atoms with van der Waals surface area (Å²) in [5.74, 6) is 1.13. The quantitative estimate of drug-likeness (QED) is 0.683. The number of pyridine rings is 1. The number of benzene rings is 1. The molecule has 0 aliphatic heterocycles. The molecule has 0 saturated heterocycles. The summed E-state index contributed by atoms with van der Waals surface area (Å²) >= 11 is 0. The van der Waals surface area contributed by atoms with Gasteiger partial charge in [0.2, 0.25) is 0 Å². The van der Waals surface area contributed by atoms with Gasteiger partial charge in [-0.25, -0.2) is 4.98 Å². The average Bonchev–Trinajstić information content (AvgIpc) is 2.44. The van der Waals surface area contributed by atoms with E-state index in [0.29, 0.717) is 11.8 Å². The van der Waals surface area contributed by atoms with E-state index in [0.717, 1.165) is 17.6 Å². The van der Waals surface area contributed by atoms with Gasteiger partial charge < -0.3 is 0 Å². The van der Waals surface area contributed by atoms with Crippen LogP contribution in [0.3, 0.4) is 0 Å². The summed E-state index contributed by atoms with van der Waals surface area (Å²) in [7, 11) is 0. The van der Waals surface area contributed by atoms with E-state index in [-0.39, 0.29) is 0 Å². The van der Waals surface area contributed by atoms with Crippen molar-refractivity contribution in [2.45, 2.75) is 40.0 Å². The smallest absolute Gasteiger partial charge is 0.0712 e. The third kappa shape index (κ3) is 2.78. The van der Waals surface area contributed by atoms with Crippen molar-refractivity contribution in [3.8, 4) is 0 Å². The Labute approximate surface area is 127 Å². The van der Waals surface area contributed by atoms with Crippen LogP contribution in [-0.4, -0.2) is 4.98 Å². The van der Waals surface area contributed by atoms with Gasteiger partial charge in [-0.05, 0) is 48.4 Å². The van der Waals surface area contributed by atoms with Crippen LogP contribution < -0.4 is 0 Å². The molecule has 1 atom stereocenters. The molecule has 0 radical (unpaired) electrons. The topological polar surface area (TPSA) is 12.9 Å². The van der Waals surface area contributed by atoms with Gasteiger partial charge in [0, 0.05) is 5.39 Å². The van der Waals surface area contributed by atoms with E-state index in [1.54, 1.807) is 0 Å². The summed E-state index contributed by atoms with van der Waals surface area (Å²) in [6.45, 7) is 8.92. The monoisotopic (exact) mass is 277 g/mol. The first kappa shape index (κ1) is 14.1. The molecule has 1 nitrogen and oxygen atoms in total. The summed E-state index contributed by atoms with van der Waals surface area (Å²) in [5.41, 5.74) is 6.33. The van der Waals surface area contributed by atoms with Gasteiger partial charge in [0.15, 0.2) is 0 Å². The number of allylic oxidation sites excluding steroid dienone is 4. The van der Waals surface area contributed by atoms with Crippen LogP contribution in [0.25, 0.3) is 16.5 Å². The van der Waals surface area contributed by atoms with E-state index in [1.165, 1.54) is 22.1 Å². The normalized spacial score (nSPS) is 18.8. The molecular weight excluding hydrogens is 254 g/mol. The van der Waals surface area contributed by atoms with Crippen molar-refractivity contribution in [3.63, 3.8) is 0 Å². The van der Waals surface area contributed by atoms with Crippen LogP contribution in [0.1, 0.15) is 51.3 Å². The van der Waals surface area contributed by atoms with E-state index >= 15 is 0 Å². The molecule has 2 aromatic rings. The van der Waals surface area contributed by atoms with Crippen molar-refractivity contribution < 1.29 is 0 Å². The minimum atomic E-state index is 0.528. The fraction of sp³-hybridized carbons (Fsp3) is 0.350. The Kier molecular flexibility index (Phi) is 3.67. The van der Waals surface area contributed by atoms with E-state index in [9.17, 15) is 0 Å². The van der Waals surface area contributed by atoms with Crippen LogP contribution in [-0.2, 0) is 0 Å². The second kappa shape index (κ2) is 5.48. The maximum absolute atomic E-state index is 4.92. The van der Waals surface area contributed by atoms with Crippen molar-refractivity contribution in [2.24, 2.45) is 5.92 Å². The minimum absolute atomic E-state index is 0.528. The van der Waals surface area contributed by atoms with Gasteiger partial charge in [-0.2, -0.15) is 0 Å². The molecule has 0 fully saturated rings. The van der Waals surface area contributed by atoms with Crippen molar-refractivity contribution in [1.82, 2.24) is 4.98 Å². The average molecular weight is 277 g/mol. The molecule has 1 aliphatic rings. The first-order chi connectivity index (χ1) is 10.0. The van der Waals surface area contributed by atoms with Crippen molar-refractivity contribution in [3.05, 3.63) is 59.3 Å². The van der Waals surface area contributed by atoms with E-state index in [4.69, 9.17) is 4.98 Å². The van der Waals surface area contributed by atoms with Gasteiger partial charge in [0.1, 0.15) is 0 Å². The molecule has 0 spiro atoms. The largest absolute Gasteiger partial charge is 0.248 e. The third-order valence-corrected chi connectivity index (χ3v) is 4.21. The van der Waals surface area contributed by atoms with Crippen LogP contribution >= 0.6 is 0 Å². The van der Waals surface area contributed by atoms with Crippen LogP contribution in [0.4, 0.5) is 0 Å². The second-order valence-corrected chi connectivity index (χ2v) is 6.53. The highest BCUT2D eigenvalue weighted by atomic mass is 14.7. The standard InChI is InChI=1S/C20H23N/c1-13(2)17-6-5-7-20-18(17)8-9-19(21-20)16-11-14(3)10-15(4)12-16/h5-11,13,15H,12H2,1-4H3. The Balaban J connectivity index is 2.09. The van der Waals surface area contributed by atoms with E-state index in [1.807, 2.05) is 0 Å². The lowest BCUT2D eigenvalue weighted by Gasteiger charge is -2.17. The number of aromatic nitrogens is 1. The summed E-state index contributed by atoms with van der Waals surface area (Å²) < 4.78 is 0. The summed E-state index contributed by atoms with van der Waals surface area (Å²) in [6.07, 6.45) is 5.70. The Morgan fingerprint density at radius 3 is 2.67 bits per heavy atom. The molecule has 1 aromatic heterocycles. The summed E-state index contributed by atoms with van der Waals surface area (Å²) in [6, 6.07) is 10.9. The summed E-state index contributed by atoms with van der Waals surface area (Å²) in [4.78, 5) is 4.92.